The highest BCUT2D eigenvalue weighted by molar-refractivity contribution is 6.01. The van der Waals surface area contributed by atoms with Crippen LogP contribution in [0.15, 0.2) is 84.9 Å². The molecule has 0 aliphatic rings. The molecule has 0 fully saturated rings. The summed E-state index contributed by atoms with van der Waals surface area (Å²) < 4.78 is 0. The van der Waals surface area contributed by atoms with Crippen molar-refractivity contribution in [3.05, 3.63) is 102 Å². The van der Waals surface area contributed by atoms with E-state index in [1.165, 1.54) is 12.1 Å². The minimum absolute atomic E-state index is 0.337. The fourth-order valence-corrected chi connectivity index (χ4v) is 2.73. The fourth-order valence-electron chi connectivity index (χ4n) is 2.73. The molecule has 0 aliphatic carbocycles. The molecular weight excluding hydrogens is 328 g/mol. The van der Waals surface area contributed by atoms with Crippen molar-refractivity contribution in [3.8, 4) is 0 Å². The van der Waals surface area contributed by atoms with Crippen molar-refractivity contribution < 1.29 is 14.7 Å². The molecule has 0 saturated carbocycles. The van der Waals surface area contributed by atoms with Crippen LogP contribution in [-0.4, -0.2) is 16.9 Å². The van der Waals surface area contributed by atoms with Gasteiger partial charge in [-0.1, -0.05) is 60.7 Å². The minimum Gasteiger partial charge on any atom is -0.372 e. The van der Waals surface area contributed by atoms with Crippen molar-refractivity contribution in [2.45, 2.75) is 5.60 Å². The van der Waals surface area contributed by atoms with E-state index in [0.717, 1.165) is 0 Å². The van der Waals surface area contributed by atoms with Crippen molar-refractivity contribution in [1.29, 1.82) is 0 Å². The van der Waals surface area contributed by atoms with Crippen molar-refractivity contribution >= 4 is 17.5 Å². The summed E-state index contributed by atoms with van der Waals surface area (Å²) >= 11 is 0. The molecule has 3 rings (SSSR count). The lowest BCUT2D eigenvalue weighted by molar-refractivity contribution is -0.131. The number of benzene rings is 3. The lowest BCUT2D eigenvalue weighted by Gasteiger charge is -2.28. The molecule has 0 aromatic heterocycles. The number of primary amides is 1. The molecule has 0 unspecified atom stereocenters. The normalized spacial score (nSPS) is 11.0. The number of aliphatic hydroxyl groups is 1. The number of anilines is 1. The highest BCUT2D eigenvalue weighted by atomic mass is 16.3. The molecule has 26 heavy (non-hydrogen) atoms. The van der Waals surface area contributed by atoms with Crippen LogP contribution in [0.4, 0.5) is 5.69 Å². The summed E-state index contributed by atoms with van der Waals surface area (Å²) in [4.78, 5) is 24.2. The van der Waals surface area contributed by atoms with Crippen LogP contribution in [-0.2, 0) is 10.4 Å². The highest BCUT2D eigenvalue weighted by Gasteiger charge is 2.39. The lowest BCUT2D eigenvalue weighted by atomic mass is 9.85. The first-order valence-electron chi connectivity index (χ1n) is 8.06. The zero-order valence-corrected chi connectivity index (χ0v) is 13.9. The SMILES string of the molecule is NC(=O)c1ccc(NC(=O)C(O)(c2ccccc2)c2ccccc2)cc1. The number of hydrogen-bond donors (Lipinski definition) is 3. The number of nitrogens with one attached hydrogen (secondary N) is 1. The number of nitrogens with two attached hydrogens (primary N) is 1. The Kier molecular flexibility index (Phi) is 4.82. The van der Waals surface area contributed by atoms with Gasteiger partial charge in [0.15, 0.2) is 5.60 Å². The van der Waals surface area contributed by atoms with E-state index in [9.17, 15) is 14.7 Å². The predicted octanol–water partition coefficient (Wildman–Crippen LogP) is 2.66. The third kappa shape index (κ3) is 3.34. The second-order valence-electron chi connectivity index (χ2n) is 5.84. The maximum atomic E-state index is 13.0. The highest BCUT2D eigenvalue weighted by Crippen LogP contribution is 2.31. The van der Waals surface area contributed by atoms with Crippen LogP contribution in [0.2, 0.25) is 0 Å². The summed E-state index contributed by atoms with van der Waals surface area (Å²) in [7, 11) is 0. The van der Waals surface area contributed by atoms with Gasteiger partial charge in [-0.15, -0.1) is 0 Å². The van der Waals surface area contributed by atoms with Crippen molar-refractivity contribution in [1.82, 2.24) is 0 Å². The van der Waals surface area contributed by atoms with Crippen LogP contribution in [0, 0.1) is 0 Å². The van der Waals surface area contributed by atoms with Gasteiger partial charge in [-0.05, 0) is 35.4 Å². The van der Waals surface area contributed by atoms with Gasteiger partial charge in [-0.2, -0.15) is 0 Å². The smallest absolute Gasteiger partial charge is 0.265 e. The topological polar surface area (TPSA) is 92.4 Å². The Morgan fingerprint density at radius 1 is 0.769 bits per heavy atom. The summed E-state index contributed by atoms with van der Waals surface area (Å²) in [6.07, 6.45) is 0. The number of amides is 2. The van der Waals surface area contributed by atoms with Crippen LogP contribution >= 0.6 is 0 Å². The first-order chi connectivity index (χ1) is 12.5. The Balaban J connectivity index is 1.97. The quantitative estimate of drug-likeness (QED) is 0.663. The van der Waals surface area contributed by atoms with Crippen molar-refractivity contribution in [2.24, 2.45) is 5.73 Å². The summed E-state index contributed by atoms with van der Waals surface area (Å²) in [6.45, 7) is 0. The Morgan fingerprint density at radius 2 is 1.23 bits per heavy atom. The second-order valence-corrected chi connectivity index (χ2v) is 5.84. The first-order valence-corrected chi connectivity index (χ1v) is 8.06. The van der Waals surface area contributed by atoms with Crippen LogP contribution in [0.1, 0.15) is 21.5 Å². The van der Waals surface area contributed by atoms with Gasteiger partial charge in [0.25, 0.3) is 5.91 Å². The summed E-state index contributed by atoms with van der Waals surface area (Å²) in [6, 6.07) is 23.6. The van der Waals surface area contributed by atoms with Gasteiger partial charge in [-0.3, -0.25) is 9.59 Å². The maximum absolute atomic E-state index is 13.0. The van der Waals surface area contributed by atoms with Crippen LogP contribution in [0.5, 0.6) is 0 Å². The largest absolute Gasteiger partial charge is 0.372 e. The van der Waals surface area contributed by atoms with Gasteiger partial charge in [0, 0.05) is 11.3 Å². The van der Waals surface area contributed by atoms with Crippen molar-refractivity contribution in [2.75, 3.05) is 5.32 Å². The zero-order valence-electron chi connectivity index (χ0n) is 13.9. The molecule has 5 heteroatoms. The number of rotatable bonds is 5. The molecule has 0 heterocycles. The van der Waals surface area contributed by atoms with Gasteiger partial charge < -0.3 is 16.2 Å². The molecule has 2 amide bonds. The molecular formula is C21H18N2O3. The van der Waals surface area contributed by atoms with E-state index < -0.39 is 17.4 Å². The van der Waals surface area contributed by atoms with Gasteiger partial charge >= 0.3 is 0 Å². The molecule has 4 N–H and O–H groups in total. The zero-order chi connectivity index (χ0) is 18.6. The average Bonchev–Trinajstić information content (AvgIpc) is 2.69. The van der Waals surface area contributed by atoms with E-state index in [2.05, 4.69) is 5.32 Å². The number of hydrogen-bond acceptors (Lipinski definition) is 3. The van der Waals surface area contributed by atoms with Crippen LogP contribution in [0.3, 0.4) is 0 Å². The molecule has 0 aliphatic heterocycles. The van der Waals surface area contributed by atoms with E-state index in [1.807, 2.05) is 12.1 Å². The van der Waals surface area contributed by atoms with Gasteiger partial charge in [0.1, 0.15) is 0 Å². The van der Waals surface area contributed by atoms with Gasteiger partial charge in [-0.25, -0.2) is 0 Å². The Labute approximate surface area is 151 Å². The van der Waals surface area contributed by atoms with E-state index in [-0.39, 0.29) is 0 Å². The minimum atomic E-state index is -1.86. The molecule has 0 atom stereocenters. The molecule has 3 aromatic carbocycles. The molecule has 5 nitrogen and oxygen atoms in total. The van der Waals surface area contributed by atoms with Gasteiger partial charge in [0.2, 0.25) is 5.91 Å². The summed E-state index contributed by atoms with van der Waals surface area (Å²) in [5.41, 5.74) is 5.06. The molecule has 130 valence electrons. The number of carbonyl (C=O) groups is 2. The van der Waals surface area contributed by atoms with Crippen LogP contribution in [0.25, 0.3) is 0 Å². The molecule has 0 radical (unpaired) electrons. The second kappa shape index (κ2) is 7.21. The van der Waals surface area contributed by atoms with Gasteiger partial charge in [0.05, 0.1) is 0 Å². The molecule has 3 aromatic rings. The Hall–Kier alpha value is -3.44. The van der Waals surface area contributed by atoms with E-state index >= 15 is 0 Å². The fraction of sp³-hybridized carbons (Fsp3) is 0.0476. The summed E-state index contributed by atoms with van der Waals surface area (Å²) in [5, 5.41) is 14.0. The lowest BCUT2D eigenvalue weighted by Crippen LogP contribution is -2.41. The van der Waals surface area contributed by atoms with Crippen LogP contribution < -0.4 is 11.1 Å². The molecule has 0 saturated heterocycles. The Morgan fingerprint density at radius 3 is 1.65 bits per heavy atom. The summed E-state index contributed by atoms with van der Waals surface area (Å²) in [5.74, 6) is -1.14. The first kappa shape index (κ1) is 17.4. The van der Waals surface area contributed by atoms with Crippen molar-refractivity contribution in [3.63, 3.8) is 0 Å². The maximum Gasteiger partial charge on any atom is 0.265 e. The predicted molar refractivity (Wildman–Crippen MR) is 99.5 cm³/mol. The van der Waals surface area contributed by atoms with E-state index in [1.54, 1.807) is 60.7 Å². The standard InChI is InChI=1S/C21H18N2O3/c22-19(24)15-11-13-18(14-12-15)23-20(25)21(26,16-7-3-1-4-8-16)17-9-5-2-6-10-17/h1-14,26H,(H2,22,24)(H,23,25). The monoisotopic (exact) mass is 346 g/mol. The molecule has 0 bridgehead atoms. The third-order valence-electron chi connectivity index (χ3n) is 4.14. The number of carbonyl (C=O) groups excluding carboxylic acids is 2. The third-order valence-corrected chi connectivity index (χ3v) is 4.14. The Bertz CT molecular complexity index is 868. The van der Waals surface area contributed by atoms with E-state index in [4.69, 9.17) is 5.73 Å². The average molecular weight is 346 g/mol. The van der Waals surface area contributed by atoms with E-state index in [0.29, 0.717) is 22.4 Å². The molecule has 0 spiro atoms.